The van der Waals surface area contributed by atoms with E-state index in [4.69, 9.17) is 11.6 Å². The van der Waals surface area contributed by atoms with Gasteiger partial charge in [0.25, 0.3) is 0 Å². The third-order valence-corrected chi connectivity index (χ3v) is 3.83. The van der Waals surface area contributed by atoms with E-state index in [-0.39, 0.29) is 5.38 Å². The molecule has 0 aliphatic rings. The molecule has 2 heterocycles. The average Bonchev–Trinajstić information content (AvgIpc) is 2.46. The van der Waals surface area contributed by atoms with Gasteiger partial charge in [-0.05, 0) is 38.5 Å². The fourth-order valence-corrected chi connectivity index (χ4v) is 2.67. The summed E-state index contributed by atoms with van der Waals surface area (Å²) in [6.07, 6.45) is 1.79. The molecule has 0 saturated carbocycles. The van der Waals surface area contributed by atoms with Gasteiger partial charge in [-0.25, -0.2) is 15.0 Å². The molecule has 3 nitrogen and oxygen atoms in total. The van der Waals surface area contributed by atoms with Crippen LogP contribution in [0, 0.1) is 13.8 Å². The zero-order valence-electron chi connectivity index (χ0n) is 12.3. The van der Waals surface area contributed by atoms with Crippen LogP contribution in [0.3, 0.4) is 0 Å². The Kier molecular flexibility index (Phi) is 3.60. The first-order valence-corrected chi connectivity index (χ1v) is 7.34. The van der Waals surface area contributed by atoms with Gasteiger partial charge in [-0.1, -0.05) is 18.2 Å². The summed E-state index contributed by atoms with van der Waals surface area (Å²) >= 11 is 6.11. The molecule has 106 valence electrons. The number of halogens is 1. The lowest BCUT2D eigenvalue weighted by Gasteiger charge is -2.09. The standard InChI is InChI=1S/C17H16ClN3/c1-10-8-16(21-15-7-5-4-6-13(10)15)17-19-9-14(11(2)18)12(3)20-17/h4-9,11H,1-3H3. The molecule has 1 atom stereocenters. The highest BCUT2D eigenvalue weighted by Gasteiger charge is 2.11. The number of hydrogen-bond acceptors (Lipinski definition) is 3. The molecule has 4 heteroatoms. The van der Waals surface area contributed by atoms with E-state index in [0.29, 0.717) is 5.82 Å². The van der Waals surface area contributed by atoms with Crippen molar-refractivity contribution >= 4 is 22.5 Å². The van der Waals surface area contributed by atoms with Crippen LogP contribution in [0.15, 0.2) is 36.5 Å². The number of pyridine rings is 1. The van der Waals surface area contributed by atoms with Gasteiger partial charge in [0.05, 0.1) is 10.9 Å². The van der Waals surface area contributed by atoms with Crippen molar-refractivity contribution in [2.75, 3.05) is 0 Å². The molecule has 21 heavy (non-hydrogen) atoms. The fourth-order valence-electron chi connectivity index (χ4n) is 2.45. The van der Waals surface area contributed by atoms with Crippen molar-refractivity contribution in [3.63, 3.8) is 0 Å². The minimum Gasteiger partial charge on any atom is -0.244 e. The predicted octanol–water partition coefficient (Wildman–Crippen LogP) is 4.61. The topological polar surface area (TPSA) is 38.7 Å². The van der Waals surface area contributed by atoms with Crippen molar-refractivity contribution in [2.24, 2.45) is 0 Å². The highest BCUT2D eigenvalue weighted by Crippen LogP contribution is 2.25. The lowest BCUT2D eigenvalue weighted by Crippen LogP contribution is -2.00. The Morgan fingerprint density at radius 3 is 2.57 bits per heavy atom. The molecule has 3 aromatic rings. The van der Waals surface area contributed by atoms with E-state index in [2.05, 4.69) is 27.9 Å². The van der Waals surface area contributed by atoms with Crippen LogP contribution in [0.2, 0.25) is 0 Å². The largest absolute Gasteiger partial charge is 0.244 e. The molecule has 0 N–H and O–H groups in total. The van der Waals surface area contributed by atoms with Crippen molar-refractivity contribution in [1.29, 1.82) is 0 Å². The van der Waals surface area contributed by atoms with Gasteiger partial charge in [0.1, 0.15) is 5.69 Å². The van der Waals surface area contributed by atoms with Crippen molar-refractivity contribution < 1.29 is 0 Å². The molecule has 2 aromatic heterocycles. The maximum Gasteiger partial charge on any atom is 0.178 e. The highest BCUT2D eigenvalue weighted by molar-refractivity contribution is 6.20. The van der Waals surface area contributed by atoms with Gasteiger partial charge in [0.15, 0.2) is 5.82 Å². The molecule has 3 rings (SSSR count). The Labute approximate surface area is 129 Å². The van der Waals surface area contributed by atoms with Gasteiger partial charge in [-0.3, -0.25) is 0 Å². The second-order valence-electron chi connectivity index (χ2n) is 5.19. The quantitative estimate of drug-likeness (QED) is 0.648. The fraction of sp³-hybridized carbons (Fsp3) is 0.235. The maximum absolute atomic E-state index is 6.11. The van der Waals surface area contributed by atoms with Crippen LogP contribution in [0.5, 0.6) is 0 Å². The number of hydrogen-bond donors (Lipinski definition) is 0. The molecular weight excluding hydrogens is 282 g/mol. The van der Waals surface area contributed by atoms with Gasteiger partial charge in [-0.15, -0.1) is 11.6 Å². The number of aryl methyl sites for hydroxylation is 2. The summed E-state index contributed by atoms with van der Waals surface area (Å²) in [4.78, 5) is 13.6. The van der Waals surface area contributed by atoms with Gasteiger partial charge in [0, 0.05) is 22.8 Å². The second kappa shape index (κ2) is 5.41. The lowest BCUT2D eigenvalue weighted by molar-refractivity contribution is 0.972. The molecular formula is C17H16ClN3. The molecule has 0 amide bonds. The van der Waals surface area contributed by atoms with Gasteiger partial charge >= 0.3 is 0 Å². The first-order chi connectivity index (χ1) is 10.1. The smallest absolute Gasteiger partial charge is 0.178 e. The van der Waals surface area contributed by atoms with E-state index in [9.17, 15) is 0 Å². The van der Waals surface area contributed by atoms with Crippen molar-refractivity contribution in [3.8, 4) is 11.5 Å². The molecule has 1 unspecified atom stereocenters. The monoisotopic (exact) mass is 297 g/mol. The van der Waals surface area contributed by atoms with Gasteiger partial charge < -0.3 is 0 Å². The molecule has 0 aliphatic heterocycles. The van der Waals surface area contributed by atoms with Crippen LogP contribution in [0.1, 0.15) is 29.1 Å². The molecule has 0 fully saturated rings. The number of alkyl halides is 1. The summed E-state index contributed by atoms with van der Waals surface area (Å²) in [5.41, 5.74) is 4.78. The summed E-state index contributed by atoms with van der Waals surface area (Å²) < 4.78 is 0. The summed E-state index contributed by atoms with van der Waals surface area (Å²) in [5.74, 6) is 0.641. The zero-order valence-corrected chi connectivity index (χ0v) is 13.0. The Hall–Kier alpha value is -2.00. The maximum atomic E-state index is 6.11. The van der Waals surface area contributed by atoms with Crippen LogP contribution >= 0.6 is 11.6 Å². The van der Waals surface area contributed by atoms with Crippen LogP contribution in [0.4, 0.5) is 0 Å². The number of rotatable bonds is 2. The third-order valence-electron chi connectivity index (χ3n) is 3.60. The molecule has 0 radical (unpaired) electrons. The first-order valence-electron chi connectivity index (χ1n) is 6.90. The van der Waals surface area contributed by atoms with E-state index in [0.717, 1.165) is 27.9 Å². The van der Waals surface area contributed by atoms with Crippen LogP contribution in [-0.4, -0.2) is 15.0 Å². The van der Waals surface area contributed by atoms with Crippen LogP contribution < -0.4 is 0 Å². The Bertz CT molecular complexity index is 812. The van der Waals surface area contributed by atoms with E-state index in [1.165, 1.54) is 5.56 Å². The second-order valence-corrected chi connectivity index (χ2v) is 5.85. The van der Waals surface area contributed by atoms with E-state index in [1.54, 1.807) is 6.20 Å². The summed E-state index contributed by atoms with van der Waals surface area (Å²) in [6.45, 7) is 5.95. The zero-order chi connectivity index (χ0) is 15.0. The molecule has 1 aromatic carbocycles. The third kappa shape index (κ3) is 2.61. The number of fused-ring (bicyclic) bond motifs is 1. The number of aromatic nitrogens is 3. The Balaban J connectivity index is 2.14. The summed E-state index contributed by atoms with van der Waals surface area (Å²) in [5, 5.41) is 1.06. The minimum atomic E-state index is -0.0923. The number of nitrogens with zero attached hydrogens (tertiary/aromatic N) is 3. The summed E-state index contributed by atoms with van der Waals surface area (Å²) in [7, 11) is 0. The molecule has 0 aliphatic carbocycles. The van der Waals surface area contributed by atoms with E-state index >= 15 is 0 Å². The van der Waals surface area contributed by atoms with E-state index in [1.807, 2.05) is 38.1 Å². The Morgan fingerprint density at radius 2 is 1.86 bits per heavy atom. The lowest BCUT2D eigenvalue weighted by atomic mass is 10.1. The van der Waals surface area contributed by atoms with Crippen molar-refractivity contribution in [1.82, 2.24) is 15.0 Å². The SMILES string of the molecule is Cc1nc(-c2cc(C)c3ccccc3n2)ncc1C(C)Cl. The minimum absolute atomic E-state index is 0.0923. The van der Waals surface area contributed by atoms with Gasteiger partial charge in [-0.2, -0.15) is 0 Å². The van der Waals surface area contributed by atoms with E-state index < -0.39 is 0 Å². The average molecular weight is 298 g/mol. The Morgan fingerprint density at radius 1 is 1.10 bits per heavy atom. The van der Waals surface area contributed by atoms with Crippen molar-refractivity contribution in [2.45, 2.75) is 26.1 Å². The van der Waals surface area contributed by atoms with Crippen molar-refractivity contribution in [3.05, 3.63) is 53.3 Å². The highest BCUT2D eigenvalue weighted by atomic mass is 35.5. The number of para-hydroxylation sites is 1. The molecule has 0 spiro atoms. The van der Waals surface area contributed by atoms with Crippen LogP contribution in [-0.2, 0) is 0 Å². The predicted molar refractivity (Wildman–Crippen MR) is 86.5 cm³/mol. The number of benzene rings is 1. The first kappa shape index (κ1) is 14.0. The molecule has 0 saturated heterocycles. The van der Waals surface area contributed by atoms with Crippen LogP contribution in [0.25, 0.3) is 22.4 Å². The van der Waals surface area contributed by atoms with Gasteiger partial charge in [0.2, 0.25) is 0 Å². The normalized spacial score (nSPS) is 12.6. The summed E-state index contributed by atoms with van der Waals surface area (Å²) in [6, 6.07) is 10.1. The molecule has 0 bridgehead atoms.